The second-order valence-corrected chi connectivity index (χ2v) is 3.21. The Labute approximate surface area is 54.3 Å². The number of hydrogen-bond acceptors (Lipinski definition) is 0. The molecule has 1 aliphatic carbocycles. The Kier molecular flexibility index (Phi) is 2.83. The van der Waals surface area contributed by atoms with Gasteiger partial charge in [-0.1, -0.05) is 32.1 Å². The van der Waals surface area contributed by atoms with E-state index in [-0.39, 0.29) is 0 Å². The van der Waals surface area contributed by atoms with Crippen molar-refractivity contribution in [3.8, 4) is 0 Å². The van der Waals surface area contributed by atoms with Crippen LogP contribution in [0.25, 0.3) is 0 Å². The molecule has 0 aromatic rings. The van der Waals surface area contributed by atoms with Crippen LogP contribution in [0, 0.1) is 5.92 Å². The normalized spacial score (nSPS) is 23.6. The minimum atomic E-state index is 1.05. The van der Waals surface area contributed by atoms with E-state index < -0.39 is 0 Å². The summed E-state index contributed by atoms with van der Waals surface area (Å²) in [6.07, 6.45) is 8.77. The zero-order valence-electron chi connectivity index (χ0n) is 5.40. The lowest BCUT2D eigenvalue weighted by Crippen LogP contribution is -2.06. The molecule has 1 atom stereocenters. The van der Waals surface area contributed by atoms with E-state index in [0.29, 0.717) is 0 Å². The van der Waals surface area contributed by atoms with Gasteiger partial charge < -0.3 is 0 Å². The molecule has 0 aromatic heterocycles. The van der Waals surface area contributed by atoms with E-state index in [2.05, 4.69) is 9.24 Å². The van der Waals surface area contributed by atoms with Crippen molar-refractivity contribution in [1.82, 2.24) is 0 Å². The molecule has 1 unspecified atom stereocenters. The van der Waals surface area contributed by atoms with Gasteiger partial charge in [-0.2, -0.15) is 0 Å². The fourth-order valence-corrected chi connectivity index (χ4v) is 1.89. The van der Waals surface area contributed by atoms with Gasteiger partial charge in [-0.25, -0.2) is 0 Å². The fraction of sp³-hybridized carbons (Fsp3) is 1.00. The molecule has 0 aromatic carbocycles. The van der Waals surface area contributed by atoms with Crippen molar-refractivity contribution in [3.63, 3.8) is 0 Å². The van der Waals surface area contributed by atoms with E-state index in [0.717, 1.165) is 5.92 Å². The summed E-state index contributed by atoms with van der Waals surface area (Å²) in [6.45, 7) is 0. The van der Waals surface area contributed by atoms with E-state index >= 15 is 0 Å². The Morgan fingerprint density at radius 2 is 1.75 bits per heavy atom. The third-order valence-electron chi connectivity index (χ3n) is 2.06. The Morgan fingerprint density at radius 1 is 1.12 bits per heavy atom. The van der Waals surface area contributed by atoms with Crippen molar-refractivity contribution in [2.45, 2.75) is 32.1 Å². The van der Waals surface area contributed by atoms with E-state index in [1.807, 2.05) is 0 Å². The van der Waals surface area contributed by atoms with Crippen LogP contribution >= 0.6 is 9.24 Å². The second-order valence-electron chi connectivity index (χ2n) is 2.74. The summed E-state index contributed by atoms with van der Waals surface area (Å²) in [4.78, 5) is 0. The summed E-state index contributed by atoms with van der Waals surface area (Å²) in [5, 5.41) is 0. The first-order valence-electron chi connectivity index (χ1n) is 3.63. The maximum absolute atomic E-state index is 2.85. The van der Waals surface area contributed by atoms with Gasteiger partial charge >= 0.3 is 0 Å². The number of hydrogen-bond donors (Lipinski definition) is 0. The third kappa shape index (κ3) is 1.74. The molecule has 0 saturated heterocycles. The van der Waals surface area contributed by atoms with Crippen molar-refractivity contribution in [1.29, 1.82) is 0 Å². The van der Waals surface area contributed by atoms with Crippen LogP contribution in [0.3, 0.4) is 0 Å². The summed E-state index contributed by atoms with van der Waals surface area (Å²) in [7, 11) is 2.85. The summed E-state index contributed by atoms with van der Waals surface area (Å²) in [6, 6.07) is 0. The van der Waals surface area contributed by atoms with Gasteiger partial charge in [0.15, 0.2) is 0 Å². The molecule has 0 bridgehead atoms. The maximum atomic E-state index is 2.85. The molecule has 0 spiro atoms. The smallest absolute Gasteiger partial charge is 0.0353 e. The van der Waals surface area contributed by atoms with Crippen molar-refractivity contribution < 1.29 is 0 Å². The molecule has 0 aliphatic heterocycles. The van der Waals surface area contributed by atoms with Crippen LogP contribution in [0.4, 0.5) is 0 Å². The Balaban J connectivity index is 2.13. The lowest BCUT2D eigenvalue weighted by atomic mass is 9.91. The average Bonchev–Trinajstić information content (AvgIpc) is 1.90. The van der Waals surface area contributed by atoms with Gasteiger partial charge in [-0.05, 0) is 12.1 Å². The molecule has 1 heteroatoms. The summed E-state index contributed by atoms with van der Waals surface area (Å²) < 4.78 is 0. The van der Waals surface area contributed by atoms with Gasteiger partial charge in [0.1, 0.15) is 0 Å². The van der Waals surface area contributed by atoms with Crippen LogP contribution < -0.4 is 0 Å². The number of rotatable bonds is 1. The summed E-state index contributed by atoms with van der Waals surface area (Å²) in [5.41, 5.74) is 0. The largest absolute Gasteiger partial charge is 0.137 e. The highest BCUT2D eigenvalue weighted by atomic mass is 31.0. The quantitative estimate of drug-likeness (QED) is 0.478. The SMILES string of the molecule is PCC1CCCCC1. The first kappa shape index (κ1) is 6.55. The van der Waals surface area contributed by atoms with Crippen molar-refractivity contribution in [3.05, 3.63) is 0 Å². The topological polar surface area (TPSA) is 0 Å². The lowest BCUT2D eigenvalue weighted by Gasteiger charge is -2.18. The molecule has 0 radical (unpaired) electrons. The zero-order valence-corrected chi connectivity index (χ0v) is 6.55. The van der Waals surface area contributed by atoms with Crippen LogP contribution in [-0.4, -0.2) is 6.16 Å². The summed E-state index contributed by atoms with van der Waals surface area (Å²) in [5.74, 6) is 1.05. The first-order chi connectivity index (χ1) is 3.93. The van der Waals surface area contributed by atoms with Gasteiger partial charge in [-0.15, -0.1) is 9.24 Å². The molecule has 0 amide bonds. The molecule has 0 nitrogen and oxygen atoms in total. The standard InChI is InChI=1S/C7H15P/c8-6-7-4-2-1-3-5-7/h7H,1-6,8H2. The first-order valence-corrected chi connectivity index (χ1v) is 4.45. The molecule has 1 aliphatic rings. The van der Waals surface area contributed by atoms with E-state index in [1.165, 1.54) is 38.3 Å². The molecular weight excluding hydrogens is 115 g/mol. The third-order valence-corrected chi connectivity index (χ3v) is 2.72. The van der Waals surface area contributed by atoms with Crippen molar-refractivity contribution in [2.24, 2.45) is 5.92 Å². The highest BCUT2D eigenvalue weighted by Gasteiger charge is 2.09. The Bertz CT molecular complexity index is 55.4. The minimum absolute atomic E-state index is 1.05. The fourth-order valence-electron chi connectivity index (χ4n) is 1.42. The van der Waals surface area contributed by atoms with Gasteiger partial charge in [0.25, 0.3) is 0 Å². The maximum Gasteiger partial charge on any atom is -0.0353 e. The van der Waals surface area contributed by atoms with E-state index in [1.54, 1.807) is 0 Å². The molecule has 0 heterocycles. The zero-order chi connectivity index (χ0) is 5.82. The van der Waals surface area contributed by atoms with Gasteiger partial charge in [-0.3, -0.25) is 0 Å². The molecule has 0 N–H and O–H groups in total. The van der Waals surface area contributed by atoms with Gasteiger partial charge in [0.2, 0.25) is 0 Å². The average molecular weight is 130 g/mol. The highest BCUT2D eigenvalue weighted by molar-refractivity contribution is 7.16. The predicted molar refractivity (Wildman–Crippen MR) is 41.2 cm³/mol. The summed E-state index contributed by atoms with van der Waals surface area (Å²) >= 11 is 0. The van der Waals surface area contributed by atoms with Gasteiger partial charge in [0, 0.05) is 0 Å². The van der Waals surface area contributed by atoms with Crippen LogP contribution in [0.1, 0.15) is 32.1 Å². The van der Waals surface area contributed by atoms with E-state index in [4.69, 9.17) is 0 Å². The molecule has 48 valence electrons. The van der Waals surface area contributed by atoms with Crippen LogP contribution in [0.15, 0.2) is 0 Å². The highest BCUT2D eigenvalue weighted by Crippen LogP contribution is 2.24. The van der Waals surface area contributed by atoms with Crippen molar-refractivity contribution in [2.75, 3.05) is 6.16 Å². The monoisotopic (exact) mass is 130 g/mol. The molecule has 1 fully saturated rings. The second kappa shape index (κ2) is 3.45. The lowest BCUT2D eigenvalue weighted by molar-refractivity contribution is 0.391. The van der Waals surface area contributed by atoms with Crippen molar-refractivity contribution >= 4 is 9.24 Å². The molecule has 8 heavy (non-hydrogen) atoms. The van der Waals surface area contributed by atoms with E-state index in [9.17, 15) is 0 Å². The molecule has 1 rings (SSSR count). The Hall–Kier alpha value is 0.430. The predicted octanol–water partition coefficient (Wildman–Crippen LogP) is 2.44. The van der Waals surface area contributed by atoms with Crippen LogP contribution in [0.5, 0.6) is 0 Å². The van der Waals surface area contributed by atoms with Gasteiger partial charge in [0.05, 0.1) is 0 Å². The van der Waals surface area contributed by atoms with Crippen LogP contribution in [0.2, 0.25) is 0 Å². The molecule has 1 saturated carbocycles. The minimum Gasteiger partial charge on any atom is -0.137 e. The van der Waals surface area contributed by atoms with Crippen LogP contribution in [-0.2, 0) is 0 Å². The molecular formula is C7H15P. The Morgan fingerprint density at radius 3 is 2.12 bits per heavy atom.